The Morgan fingerprint density at radius 1 is 1.30 bits per heavy atom. The predicted molar refractivity (Wildman–Crippen MR) is 86.2 cm³/mol. The lowest BCUT2D eigenvalue weighted by molar-refractivity contribution is 0.0670. The summed E-state index contributed by atoms with van der Waals surface area (Å²) in [6.07, 6.45) is 2.29. The number of amides is 1. The number of nitrogens with one attached hydrogen (secondary N) is 1. The second kappa shape index (κ2) is 5.81. The molecule has 5 nitrogen and oxygen atoms in total. The molecule has 1 aliphatic carbocycles. The van der Waals surface area contributed by atoms with Crippen molar-refractivity contribution in [1.29, 1.82) is 0 Å². The molecular formula is C18H21N3O2. The lowest BCUT2D eigenvalue weighted by Crippen LogP contribution is -2.59. The van der Waals surface area contributed by atoms with Crippen molar-refractivity contribution in [1.82, 2.24) is 15.4 Å². The van der Waals surface area contributed by atoms with E-state index < -0.39 is 0 Å². The number of hydrogen-bond donors (Lipinski definition) is 1. The van der Waals surface area contributed by atoms with Gasteiger partial charge in [0.15, 0.2) is 5.69 Å². The van der Waals surface area contributed by atoms with Gasteiger partial charge in [-0.1, -0.05) is 35.5 Å². The third kappa shape index (κ3) is 3.01. The highest BCUT2D eigenvalue weighted by atomic mass is 16.5. The molecule has 2 aliphatic rings. The van der Waals surface area contributed by atoms with Crippen molar-refractivity contribution >= 4 is 5.91 Å². The Labute approximate surface area is 135 Å². The maximum Gasteiger partial charge on any atom is 0.273 e. The van der Waals surface area contributed by atoms with E-state index in [0.29, 0.717) is 17.7 Å². The molecule has 1 N–H and O–H groups in total. The standard InChI is InChI=1S/C18H21N3O2/c1-12(13-5-3-2-4-6-13)21-10-15(11-21)19-18(22)16-9-17(23-20-16)14-7-8-14/h2-6,9,12,14-15H,7-8,10-11H2,1H3,(H,19,22). The molecule has 2 aromatic rings. The molecule has 1 aromatic heterocycles. The van der Waals surface area contributed by atoms with Crippen molar-refractivity contribution in [3.8, 4) is 0 Å². The number of aromatic nitrogens is 1. The van der Waals surface area contributed by atoms with Crippen LogP contribution >= 0.6 is 0 Å². The molecule has 1 aliphatic heterocycles. The fourth-order valence-electron chi connectivity index (χ4n) is 3.08. The van der Waals surface area contributed by atoms with Crippen LogP contribution in [0.15, 0.2) is 40.9 Å². The molecule has 5 heteroatoms. The first-order chi connectivity index (χ1) is 11.2. The van der Waals surface area contributed by atoms with Crippen LogP contribution < -0.4 is 5.32 Å². The smallest absolute Gasteiger partial charge is 0.273 e. The van der Waals surface area contributed by atoms with Gasteiger partial charge in [-0.2, -0.15) is 0 Å². The van der Waals surface area contributed by atoms with Crippen molar-refractivity contribution in [3.05, 3.63) is 53.4 Å². The molecule has 1 amide bonds. The van der Waals surface area contributed by atoms with Gasteiger partial charge in [0.25, 0.3) is 5.91 Å². The van der Waals surface area contributed by atoms with Gasteiger partial charge in [0.1, 0.15) is 5.76 Å². The van der Waals surface area contributed by atoms with Gasteiger partial charge in [-0.05, 0) is 25.3 Å². The highest BCUT2D eigenvalue weighted by molar-refractivity contribution is 5.92. The predicted octanol–water partition coefficient (Wildman–Crippen LogP) is 2.73. The molecule has 2 fully saturated rings. The molecule has 4 rings (SSSR count). The van der Waals surface area contributed by atoms with E-state index in [1.165, 1.54) is 5.56 Å². The van der Waals surface area contributed by atoms with Crippen LogP contribution in [0.2, 0.25) is 0 Å². The van der Waals surface area contributed by atoms with Crippen molar-refractivity contribution in [3.63, 3.8) is 0 Å². The van der Waals surface area contributed by atoms with E-state index in [-0.39, 0.29) is 11.9 Å². The number of carbonyl (C=O) groups excluding carboxylic acids is 1. The van der Waals surface area contributed by atoms with E-state index in [9.17, 15) is 4.79 Å². The summed E-state index contributed by atoms with van der Waals surface area (Å²) < 4.78 is 5.24. The zero-order chi connectivity index (χ0) is 15.8. The van der Waals surface area contributed by atoms with E-state index >= 15 is 0 Å². The molecular weight excluding hydrogens is 290 g/mol. The number of likely N-dealkylation sites (tertiary alicyclic amines) is 1. The SMILES string of the molecule is CC(c1ccccc1)N1CC(NC(=O)c2cc(C3CC3)on2)C1. The summed E-state index contributed by atoms with van der Waals surface area (Å²) in [6.45, 7) is 3.94. The highest BCUT2D eigenvalue weighted by Crippen LogP contribution is 2.40. The number of carbonyl (C=O) groups is 1. The summed E-state index contributed by atoms with van der Waals surface area (Å²) in [7, 11) is 0. The van der Waals surface area contributed by atoms with Crippen LogP contribution in [0, 0.1) is 0 Å². The molecule has 0 bridgehead atoms. The molecule has 1 aromatic carbocycles. The van der Waals surface area contributed by atoms with E-state index in [2.05, 4.69) is 46.6 Å². The largest absolute Gasteiger partial charge is 0.360 e. The highest BCUT2D eigenvalue weighted by Gasteiger charge is 2.33. The van der Waals surface area contributed by atoms with E-state index in [0.717, 1.165) is 31.7 Å². The lowest BCUT2D eigenvalue weighted by Gasteiger charge is -2.43. The molecule has 1 unspecified atom stereocenters. The van der Waals surface area contributed by atoms with Crippen molar-refractivity contribution in [2.45, 2.75) is 37.8 Å². The molecule has 1 saturated carbocycles. The van der Waals surface area contributed by atoms with Crippen LogP contribution in [0.25, 0.3) is 0 Å². The van der Waals surface area contributed by atoms with Crippen LogP contribution in [0.5, 0.6) is 0 Å². The summed E-state index contributed by atoms with van der Waals surface area (Å²) in [5, 5.41) is 6.93. The van der Waals surface area contributed by atoms with Crippen LogP contribution in [0.3, 0.4) is 0 Å². The summed E-state index contributed by atoms with van der Waals surface area (Å²) in [6, 6.07) is 12.8. The molecule has 1 atom stereocenters. The molecule has 1 saturated heterocycles. The Morgan fingerprint density at radius 3 is 2.74 bits per heavy atom. The number of benzene rings is 1. The fraction of sp³-hybridized carbons (Fsp3) is 0.444. The Balaban J connectivity index is 1.29. The summed E-state index contributed by atoms with van der Waals surface area (Å²) >= 11 is 0. The van der Waals surface area contributed by atoms with Crippen LogP contribution in [0.1, 0.15) is 53.5 Å². The Kier molecular flexibility index (Phi) is 3.65. The third-order valence-corrected chi connectivity index (χ3v) is 4.82. The fourth-order valence-corrected chi connectivity index (χ4v) is 3.08. The maximum atomic E-state index is 12.2. The summed E-state index contributed by atoms with van der Waals surface area (Å²) in [4.78, 5) is 14.6. The van der Waals surface area contributed by atoms with Gasteiger partial charge in [-0.3, -0.25) is 9.69 Å². The van der Waals surface area contributed by atoms with Gasteiger partial charge in [-0.25, -0.2) is 0 Å². The Morgan fingerprint density at radius 2 is 2.04 bits per heavy atom. The second-order valence-electron chi connectivity index (χ2n) is 6.60. The van der Waals surface area contributed by atoms with Crippen LogP contribution in [-0.4, -0.2) is 35.1 Å². The minimum Gasteiger partial charge on any atom is -0.360 e. The third-order valence-electron chi connectivity index (χ3n) is 4.82. The van der Waals surface area contributed by atoms with Gasteiger partial charge >= 0.3 is 0 Å². The van der Waals surface area contributed by atoms with Crippen LogP contribution in [0.4, 0.5) is 0 Å². The van der Waals surface area contributed by atoms with Crippen molar-refractivity contribution in [2.24, 2.45) is 0 Å². The number of rotatable bonds is 5. The van der Waals surface area contributed by atoms with Gasteiger partial charge in [0.05, 0.1) is 6.04 Å². The molecule has 2 heterocycles. The minimum absolute atomic E-state index is 0.127. The van der Waals surface area contributed by atoms with Crippen LogP contribution in [-0.2, 0) is 0 Å². The summed E-state index contributed by atoms with van der Waals surface area (Å²) in [5.74, 6) is 1.20. The minimum atomic E-state index is -0.127. The van der Waals surface area contributed by atoms with Gasteiger partial charge < -0.3 is 9.84 Å². The van der Waals surface area contributed by atoms with Gasteiger partial charge in [0, 0.05) is 31.1 Å². The second-order valence-corrected chi connectivity index (χ2v) is 6.60. The van der Waals surface area contributed by atoms with Gasteiger partial charge in [0.2, 0.25) is 0 Å². The first-order valence-corrected chi connectivity index (χ1v) is 8.27. The zero-order valence-corrected chi connectivity index (χ0v) is 13.2. The monoisotopic (exact) mass is 311 g/mol. The first kappa shape index (κ1) is 14.5. The number of hydrogen-bond acceptors (Lipinski definition) is 4. The first-order valence-electron chi connectivity index (χ1n) is 8.27. The molecule has 0 spiro atoms. The van der Waals surface area contributed by atoms with Crippen molar-refractivity contribution in [2.75, 3.05) is 13.1 Å². The Bertz CT molecular complexity index is 687. The van der Waals surface area contributed by atoms with E-state index in [4.69, 9.17) is 4.52 Å². The zero-order valence-electron chi connectivity index (χ0n) is 13.2. The molecule has 120 valence electrons. The van der Waals surface area contributed by atoms with Gasteiger partial charge in [-0.15, -0.1) is 0 Å². The summed E-state index contributed by atoms with van der Waals surface area (Å²) in [5.41, 5.74) is 1.71. The topological polar surface area (TPSA) is 58.4 Å². The molecule has 0 radical (unpaired) electrons. The normalized spacial score (nSPS) is 20.0. The number of nitrogens with zero attached hydrogens (tertiary/aromatic N) is 2. The quantitative estimate of drug-likeness (QED) is 0.922. The Hall–Kier alpha value is -2.14. The average Bonchev–Trinajstić information content (AvgIpc) is 3.27. The van der Waals surface area contributed by atoms with E-state index in [1.54, 1.807) is 6.07 Å². The average molecular weight is 311 g/mol. The van der Waals surface area contributed by atoms with Crippen molar-refractivity contribution < 1.29 is 9.32 Å². The maximum absolute atomic E-state index is 12.2. The lowest BCUT2D eigenvalue weighted by atomic mass is 10.0. The van der Waals surface area contributed by atoms with E-state index in [1.807, 2.05) is 6.07 Å². The molecule has 23 heavy (non-hydrogen) atoms.